The zero-order chi connectivity index (χ0) is 21.8. The van der Waals surface area contributed by atoms with Gasteiger partial charge in [0.15, 0.2) is 5.82 Å². The summed E-state index contributed by atoms with van der Waals surface area (Å²) >= 11 is 0. The maximum atomic E-state index is 13.2. The summed E-state index contributed by atoms with van der Waals surface area (Å²) in [5.41, 5.74) is 0.598. The number of piperidine rings is 1. The molecular formula is C25H28N4O3. The number of aromatic amines is 1. The second-order valence-corrected chi connectivity index (χ2v) is 8.43. The summed E-state index contributed by atoms with van der Waals surface area (Å²) in [6, 6.07) is 17.1. The molecule has 1 aliphatic carbocycles. The number of ether oxygens (including phenoxy) is 2. The van der Waals surface area contributed by atoms with Crippen LogP contribution in [0, 0.1) is 0 Å². The Balaban J connectivity index is 1.15. The van der Waals surface area contributed by atoms with Gasteiger partial charge in [-0.1, -0.05) is 30.3 Å². The highest BCUT2D eigenvalue weighted by Crippen LogP contribution is 2.38. The van der Waals surface area contributed by atoms with E-state index in [0.29, 0.717) is 49.5 Å². The third-order valence-electron chi connectivity index (χ3n) is 6.10. The predicted molar refractivity (Wildman–Crippen MR) is 120 cm³/mol. The fourth-order valence-electron chi connectivity index (χ4n) is 4.12. The van der Waals surface area contributed by atoms with Crippen molar-refractivity contribution in [1.29, 1.82) is 0 Å². The molecular weight excluding hydrogens is 404 g/mol. The Morgan fingerprint density at radius 1 is 0.906 bits per heavy atom. The van der Waals surface area contributed by atoms with Gasteiger partial charge in [-0.2, -0.15) is 5.10 Å². The van der Waals surface area contributed by atoms with Crippen molar-refractivity contribution in [2.75, 3.05) is 26.3 Å². The van der Waals surface area contributed by atoms with Crippen LogP contribution < -0.4 is 9.47 Å². The minimum absolute atomic E-state index is 0.0132. The topological polar surface area (TPSA) is 80.3 Å². The molecule has 1 saturated carbocycles. The van der Waals surface area contributed by atoms with E-state index in [1.165, 1.54) is 12.8 Å². The molecule has 1 saturated heterocycles. The lowest BCUT2D eigenvalue weighted by atomic mass is 9.95. The van der Waals surface area contributed by atoms with E-state index in [4.69, 9.17) is 14.5 Å². The molecule has 2 heterocycles. The van der Waals surface area contributed by atoms with Crippen molar-refractivity contribution in [2.45, 2.75) is 37.5 Å². The summed E-state index contributed by atoms with van der Waals surface area (Å²) in [6.07, 6.45) is 4.17. The van der Waals surface area contributed by atoms with E-state index in [2.05, 4.69) is 10.2 Å². The van der Waals surface area contributed by atoms with Crippen LogP contribution >= 0.6 is 0 Å². The molecule has 32 heavy (non-hydrogen) atoms. The first-order valence-electron chi connectivity index (χ1n) is 11.4. The van der Waals surface area contributed by atoms with Gasteiger partial charge in [-0.25, -0.2) is 4.98 Å². The van der Waals surface area contributed by atoms with Gasteiger partial charge in [0, 0.05) is 24.9 Å². The van der Waals surface area contributed by atoms with Crippen LogP contribution in [0.4, 0.5) is 0 Å². The number of H-pyrrole nitrogens is 1. The smallest absolute Gasteiger partial charge is 0.257 e. The number of nitrogens with zero attached hydrogens (tertiary/aromatic N) is 3. The van der Waals surface area contributed by atoms with E-state index < -0.39 is 0 Å². The van der Waals surface area contributed by atoms with Crippen LogP contribution in [-0.4, -0.2) is 52.3 Å². The third kappa shape index (κ3) is 4.77. The van der Waals surface area contributed by atoms with Crippen LogP contribution in [-0.2, 0) is 0 Å². The van der Waals surface area contributed by atoms with Gasteiger partial charge >= 0.3 is 0 Å². The number of hydrogen-bond acceptors (Lipinski definition) is 5. The van der Waals surface area contributed by atoms with E-state index in [-0.39, 0.29) is 5.91 Å². The Kier molecular flexibility index (Phi) is 6.05. The van der Waals surface area contributed by atoms with Gasteiger partial charge in [-0.05, 0) is 49.9 Å². The number of hydrogen-bond donors (Lipinski definition) is 1. The second kappa shape index (κ2) is 9.42. The van der Waals surface area contributed by atoms with Crippen molar-refractivity contribution in [3.63, 3.8) is 0 Å². The molecule has 3 aromatic rings. The average molecular weight is 433 g/mol. The standard InChI is InChI=1S/C25H28N4O3/c30-25(29-14-12-19(13-15-29)24-26-23(27-28-24)18-10-11-18)21-8-4-5-9-22(21)32-17-16-31-20-6-2-1-3-7-20/h1-9,18-19H,10-17H2,(H,26,27,28). The summed E-state index contributed by atoms with van der Waals surface area (Å²) in [5.74, 6) is 4.23. The highest BCUT2D eigenvalue weighted by molar-refractivity contribution is 5.97. The summed E-state index contributed by atoms with van der Waals surface area (Å²) < 4.78 is 11.6. The Bertz CT molecular complexity index is 1040. The first-order chi connectivity index (χ1) is 15.8. The molecule has 2 aliphatic rings. The highest BCUT2D eigenvalue weighted by Gasteiger charge is 2.31. The molecule has 7 nitrogen and oxygen atoms in total. The first-order valence-corrected chi connectivity index (χ1v) is 11.4. The van der Waals surface area contributed by atoms with Crippen LogP contribution in [0.2, 0.25) is 0 Å². The Labute approximate surface area is 187 Å². The summed E-state index contributed by atoms with van der Waals surface area (Å²) in [5, 5.41) is 7.50. The Morgan fingerprint density at radius 3 is 2.41 bits per heavy atom. The minimum atomic E-state index is 0.0132. The first kappa shape index (κ1) is 20.5. The maximum Gasteiger partial charge on any atom is 0.257 e. The number of carbonyl (C=O) groups is 1. The van der Waals surface area contributed by atoms with Crippen molar-refractivity contribution in [3.8, 4) is 11.5 Å². The predicted octanol–water partition coefficient (Wildman–Crippen LogP) is 4.16. The largest absolute Gasteiger partial charge is 0.490 e. The van der Waals surface area contributed by atoms with Gasteiger partial charge in [-0.3, -0.25) is 9.89 Å². The van der Waals surface area contributed by atoms with Gasteiger partial charge in [0.1, 0.15) is 30.5 Å². The number of nitrogens with one attached hydrogen (secondary N) is 1. The van der Waals surface area contributed by atoms with Gasteiger partial charge in [0.2, 0.25) is 0 Å². The van der Waals surface area contributed by atoms with Crippen LogP contribution in [0.15, 0.2) is 54.6 Å². The molecule has 1 amide bonds. The molecule has 1 aromatic heterocycles. The molecule has 0 bridgehead atoms. The van der Waals surface area contributed by atoms with E-state index in [0.717, 1.165) is 30.2 Å². The zero-order valence-corrected chi connectivity index (χ0v) is 18.1. The Hall–Kier alpha value is -3.35. The normalized spacial score (nSPS) is 16.7. The van der Waals surface area contributed by atoms with E-state index in [1.54, 1.807) is 0 Å². The van der Waals surface area contributed by atoms with Crippen molar-refractivity contribution < 1.29 is 14.3 Å². The van der Waals surface area contributed by atoms with Crippen LogP contribution in [0.1, 0.15) is 59.5 Å². The molecule has 0 unspecified atom stereocenters. The number of rotatable bonds is 8. The fraction of sp³-hybridized carbons (Fsp3) is 0.400. The lowest BCUT2D eigenvalue weighted by molar-refractivity contribution is 0.0705. The minimum Gasteiger partial charge on any atom is -0.490 e. The van der Waals surface area contributed by atoms with Crippen molar-refractivity contribution >= 4 is 5.91 Å². The lowest BCUT2D eigenvalue weighted by Gasteiger charge is -2.31. The summed E-state index contributed by atoms with van der Waals surface area (Å²) in [6.45, 7) is 2.19. The summed E-state index contributed by atoms with van der Waals surface area (Å²) in [4.78, 5) is 19.8. The molecule has 7 heteroatoms. The molecule has 2 aromatic carbocycles. The molecule has 2 fully saturated rings. The van der Waals surface area contributed by atoms with Crippen LogP contribution in [0.25, 0.3) is 0 Å². The Morgan fingerprint density at radius 2 is 1.62 bits per heavy atom. The fourth-order valence-corrected chi connectivity index (χ4v) is 4.12. The van der Waals surface area contributed by atoms with Crippen molar-refractivity contribution in [2.24, 2.45) is 0 Å². The SMILES string of the molecule is O=C(c1ccccc1OCCOc1ccccc1)N1CCC(c2nc(C3CC3)n[nH]2)CC1. The number of amides is 1. The zero-order valence-electron chi connectivity index (χ0n) is 18.1. The summed E-state index contributed by atoms with van der Waals surface area (Å²) in [7, 11) is 0. The van der Waals surface area contributed by atoms with Gasteiger partial charge < -0.3 is 14.4 Å². The number of benzene rings is 2. The second-order valence-electron chi connectivity index (χ2n) is 8.43. The molecule has 1 N–H and O–H groups in total. The molecule has 166 valence electrons. The lowest BCUT2D eigenvalue weighted by Crippen LogP contribution is -2.38. The van der Waals surface area contributed by atoms with Gasteiger partial charge in [0.05, 0.1) is 5.56 Å². The van der Waals surface area contributed by atoms with E-state index in [1.807, 2.05) is 59.5 Å². The monoisotopic (exact) mass is 432 g/mol. The number of aromatic nitrogens is 3. The number of para-hydroxylation sites is 2. The van der Waals surface area contributed by atoms with E-state index >= 15 is 0 Å². The quantitative estimate of drug-likeness (QED) is 0.541. The van der Waals surface area contributed by atoms with Gasteiger partial charge in [-0.15, -0.1) is 0 Å². The number of likely N-dealkylation sites (tertiary alicyclic amines) is 1. The average Bonchev–Trinajstić information content (AvgIpc) is 3.59. The van der Waals surface area contributed by atoms with E-state index in [9.17, 15) is 4.79 Å². The van der Waals surface area contributed by atoms with Gasteiger partial charge in [0.25, 0.3) is 5.91 Å². The molecule has 0 radical (unpaired) electrons. The van der Waals surface area contributed by atoms with Crippen molar-refractivity contribution in [3.05, 3.63) is 71.8 Å². The third-order valence-corrected chi connectivity index (χ3v) is 6.10. The highest BCUT2D eigenvalue weighted by atomic mass is 16.5. The van der Waals surface area contributed by atoms with Crippen molar-refractivity contribution in [1.82, 2.24) is 20.1 Å². The maximum absolute atomic E-state index is 13.2. The molecule has 1 aliphatic heterocycles. The molecule has 0 spiro atoms. The van der Waals surface area contributed by atoms with Crippen LogP contribution in [0.3, 0.4) is 0 Å². The van der Waals surface area contributed by atoms with Crippen LogP contribution in [0.5, 0.6) is 11.5 Å². The molecule has 5 rings (SSSR count). The number of carbonyl (C=O) groups excluding carboxylic acids is 1. The molecule has 0 atom stereocenters.